The summed E-state index contributed by atoms with van der Waals surface area (Å²) in [5.74, 6) is -1.45. The average molecular weight is 287 g/mol. The van der Waals surface area contributed by atoms with Gasteiger partial charge in [0.15, 0.2) is 0 Å². The number of rotatable bonds is 5. The van der Waals surface area contributed by atoms with E-state index in [1.54, 1.807) is 13.8 Å². The van der Waals surface area contributed by atoms with Crippen LogP contribution in [0.2, 0.25) is 5.02 Å². The van der Waals surface area contributed by atoms with Gasteiger partial charge in [0.05, 0.1) is 11.4 Å². The van der Waals surface area contributed by atoms with Gasteiger partial charge in [-0.1, -0.05) is 11.6 Å². The van der Waals surface area contributed by atoms with Gasteiger partial charge in [-0.15, -0.1) is 0 Å². The minimum Gasteiger partial charge on any atom is -0.481 e. The molecule has 1 aromatic heterocycles. The highest BCUT2D eigenvalue weighted by Crippen LogP contribution is 2.15. The molecule has 6 nitrogen and oxygen atoms in total. The lowest BCUT2D eigenvalue weighted by atomic mass is 10.0. The van der Waals surface area contributed by atoms with Gasteiger partial charge in [-0.25, -0.2) is 0 Å². The molecule has 0 aliphatic carbocycles. The molecular formula is C12H15ClN2O4. The SMILES string of the molecule is CC(C)(C(=O)NCCC(=O)O)n1cc(Cl)ccc1=O. The monoisotopic (exact) mass is 286 g/mol. The zero-order valence-electron chi connectivity index (χ0n) is 10.6. The summed E-state index contributed by atoms with van der Waals surface area (Å²) in [5, 5.41) is 11.3. The minimum absolute atomic E-state index is 0.00686. The van der Waals surface area contributed by atoms with Crippen molar-refractivity contribution in [3.63, 3.8) is 0 Å². The fourth-order valence-corrected chi connectivity index (χ4v) is 1.67. The van der Waals surface area contributed by atoms with Crippen molar-refractivity contribution in [2.45, 2.75) is 25.8 Å². The van der Waals surface area contributed by atoms with Crippen molar-refractivity contribution in [3.8, 4) is 0 Å². The van der Waals surface area contributed by atoms with Gasteiger partial charge in [0.2, 0.25) is 5.91 Å². The Labute approximate surface area is 115 Å². The summed E-state index contributed by atoms with van der Waals surface area (Å²) < 4.78 is 1.21. The van der Waals surface area contributed by atoms with E-state index in [2.05, 4.69) is 5.32 Å². The van der Waals surface area contributed by atoms with Gasteiger partial charge in [-0.05, 0) is 19.9 Å². The van der Waals surface area contributed by atoms with Gasteiger partial charge >= 0.3 is 5.97 Å². The number of nitrogens with zero attached hydrogens (tertiary/aromatic N) is 1. The van der Waals surface area contributed by atoms with Crippen LogP contribution in [0.3, 0.4) is 0 Å². The molecule has 0 atom stereocenters. The molecule has 1 amide bonds. The zero-order chi connectivity index (χ0) is 14.6. The van der Waals surface area contributed by atoms with Crippen LogP contribution in [0.1, 0.15) is 20.3 Å². The molecule has 0 saturated carbocycles. The Bertz CT molecular complexity index is 551. The molecule has 1 aromatic rings. The van der Waals surface area contributed by atoms with E-state index in [9.17, 15) is 14.4 Å². The number of carbonyl (C=O) groups excluding carboxylic acids is 1. The first-order valence-corrected chi connectivity index (χ1v) is 6.01. The van der Waals surface area contributed by atoms with Crippen LogP contribution in [0.5, 0.6) is 0 Å². The van der Waals surface area contributed by atoms with Crippen molar-refractivity contribution < 1.29 is 14.7 Å². The summed E-state index contributed by atoms with van der Waals surface area (Å²) in [6.45, 7) is 3.12. The quantitative estimate of drug-likeness (QED) is 0.839. The van der Waals surface area contributed by atoms with E-state index < -0.39 is 17.4 Å². The van der Waals surface area contributed by atoms with Crippen LogP contribution in [0.15, 0.2) is 23.1 Å². The predicted octanol–water partition coefficient (Wildman–Crippen LogP) is 0.828. The van der Waals surface area contributed by atoms with Crippen molar-refractivity contribution >= 4 is 23.5 Å². The second-order valence-electron chi connectivity index (χ2n) is 4.51. The minimum atomic E-state index is -1.15. The Kier molecular flexibility index (Phi) is 4.72. The number of hydrogen-bond donors (Lipinski definition) is 2. The molecular weight excluding hydrogens is 272 g/mol. The molecule has 0 spiro atoms. The average Bonchev–Trinajstić information content (AvgIpc) is 2.31. The van der Waals surface area contributed by atoms with Crippen LogP contribution in [0.4, 0.5) is 0 Å². The maximum Gasteiger partial charge on any atom is 0.305 e. The van der Waals surface area contributed by atoms with Gasteiger partial charge in [0, 0.05) is 18.8 Å². The van der Waals surface area contributed by atoms with Gasteiger partial charge in [-0.2, -0.15) is 0 Å². The molecule has 0 aromatic carbocycles. The van der Waals surface area contributed by atoms with E-state index >= 15 is 0 Å². The second kappa shape index (κ2) is 5.88. The number of pyridine rings is 1. The summed E-state index contributed by atoms with van der Waals surface area (Å²) in [5.41, 5.74) is -1.51. The summed E-state index contributed by atoms with van der Waals surface area (Å²) in [4.78, 5) is 34.1. The molecule has 0 bridgehead atoms. The first-order chi connectivity index (χ1) is 8.75. The number of halogens is 1. The van der Waals surface area contributed by atoms with Gasteiger partial charge in [0.1, 0.15) is 5.54 Å². The van der Waals surface area contributed by atoms with Crippen LogP contribution < -0.4 is 10.9 Å². The number of carbonyl (C=O) groups is 2. The molecule has 7 heteroatoms. The number of aliphatic carboxylic acids is 1. The maximum absolute atomic E-state index is 12.0. The highest BCUT2D eigenvalue weighted by Gasteiger charge is 2.30. The summed E-state index contributed by atoms with van der Waals surface area (Å²) in [6, 6.07) is 2.72. The van der Waals surface area contributed by atoms with Gasteiger partial charge < -0.3 is 10.4 Å². The van der Waals surface area contributed by atoms with E-state index in [4.69, 9.17) is 16.7 Å². The summed E-state index contributed by atoms with van der Waals surface area (Å²) >= 11 is 5.80. The first-order valence-electron chi connectivity index (χ1n) is 5.64. The van der Waals surface area contributed by atoms with E-state index in [0.717, 1.165) is 0 Å². The van der Waals surface area contributed by atoms with E-state index in [1.165, 1.54) is 22.9 Å². The molecule has 1 heterocycles. The molecule has 104 valence electrons. The largest absolute Gasteiger partial charge is 0.481 e. The van der Waals surface area contributed by atoms with Gasteiger partial charge in [0.25, 0.3) is 5.56 Å². The zero-order valence-corrected chi connectivity index (χ0v) is 11.4. The molecule has 0 aliphatic heterocycles. The normalized spacial score (nSPS) is 11.1. The highest BCUT2D eigenvalue weighted by atomic mass is 35.5. The Hall–Kier alpha value is -1.82. The Morgan fingerprint density at radius 1 is 1.42 bits per heavy atom. The van der Waals surface area contributed by atoms with Crippen molar-refractivity contribution in [3.05, 3.63) is 33.7 Å². The molecule has 19 heavy (non-hydrogen) atoms. The molecule has 0 radical (unpaired) electrons. The number of amides is 1. The fraction of sp³-hybridized carbons (Fsp3) is 0.417. The van der Waals surface area contributed by atoms with E-state index in [1.807, 2.05) is 0 Å². The smallest absolute Gasteiger partial charge is 0.305 e. The Balaban J connectivity index is 2.90. The number of nitrogens with one attached hydrogen (secondary N) is 1. The van der Waals surface area contributed by atoms with Gasteiger partial charge in [-0.3, -0.25) is 19.0 Å². The fourth-order valence-electron chi connectivity index (χ4n) is 1.51. The van der Waals surface area contributed by atoms with Crippen molar-refractivity contribution in [2.75, 3.05) is 6.54 Å². The number of carboxylic acids is 1. The summed E-state index contributed by atoms with van der Waals surface area (Å²) in [7, 11) is 0. The van der Waals surface area contributed by atoms with Crippen molar-refractivity contribution in [1.29, 1.82) is 0 Å². The lowest BCUT2D eigenvalue weighted by Crippen LogP contribution is -2.48. The lowest BCUT2D eigenvalue weighted by molar-refractivity contribution is -0.137. The molecule has 1 rings (SSSR count). The van der Waals surface area contributed by atoms with Crippen LogP contribution in [-0.2, 0) is 15.1 Å². The van der Waals surface area contributed by atoms with E-state index in [0.29, 0.717) is 5.02 Å². The number of carboxylic acid groups (broad SMARTS) is 1. The topological polar surface area (TPSA) is 88.4 Å². The van der Waals surface area contributed by atoms with Crippen LogP contribution in [0, 0.1) is 0 Å². The van der Waals surface area contributed by atoms with Crippen LogP contribution >= 0.6 is 11.6 Å². The second-order valence-corrected chi connectivity index (χ2v) is 4.95. The summed E-state index contributed by atoms with van der Waals surface area (Å²) in [6.07, 6.45) is 1.20. The third-order valence-corrected chi connectivity index (χ3v) is 2.88. The number of hydrogen-bond acceptors (Lipinski definition) is 3. The third kappa shape index (κ3) is 3.82. The Morgan fingerprint density at radius 2 is 2.05 bits per heavy atom. The standard InChI is InChI=1S/C12H15ClN2O4/c1-12(2,11(19)14-6-5-10(17)18)15-7-8(13)3-4-9(15)16/h3-4,7H,5-6H2,1-2H3,(H,14,19)(H,17,18). The first kappa shape index (κ1) is 15.2. The predicted molar refractivity (Wildman–Crippen MR) is 70.3 cm³/mol. The number of aromatic nitrogens is 1. The van der Waals surface area contributed by atoms with Crippen LogP contribution in [0.25, 0.3) is 0 Å². The molecule has 2 N–H and O–H groups in total. The molecule has 0 aliphatic rings. The van der Waals surface area contributed by atoms with Crippen molar-refractivity contribution in [1.82, 2.24) is 9.88 Å². The molecule has 0 unspecified atom stereocenters. The molecule has 0 saturated heterocycles. The van der Waals surface area contributed by atoms with Crippen molar-refractivity contribution in [2.24, 2.45) is 0 Å². The lowest BCUT2D eigenvalue weighted by Gasteiger charge is -2.26. The maximum atomic E-state index is 12.0. The Morgan fingerprint density at radius 3 is 2.63 bits per heavy atom. The highest BCUT2D eigenvalue weighted by molar-refractivity contribution is 6.30. The third-order valence-electron chi connectivity index (χ3n) is 2.66. The molecule has 0 fully saturated rings. The van der Waals surface area contributed by atoms with E-state index in [-0.39, 0.29) is 18.5 Å². The van der Waals surface area contributed by atoms with Crippen LogP contribution in [-0.4, -0.2) is 28.1 Å².